The zero-order valence-corrected chi connectivity index (χ0v) is 18.7. The monoisotopic (exact) mass is 435 g/mol. The van der Waals surface area contributed by atoms with Gasteiger partial charge in [0, 0.05) is 47.4 Å². The molecule has 4 rings (SSSR count). The Labute approximate surface area is 188 Å². The number of anilines is 3. The van der Waals surface area contributed by atoms with Crippen molar-refractivity contribution < 1.29 is 14.1 Å². The summed E-state index contributed by atoms with van der Waals surface area (Å²) in [5, 5.41) is 10.1. The van der Waals surface area contributed by atoms with Crippen molar-refractivity contribution in [1.29, 1.82) is 0 Å². The molecule has 168 valence electrons. The van der Waals surface area contributed by atoms with E-state index in [1.54, 1.807) is 20.1 Å². The first-order valence-electron chi connectivity index (χ1n) is 10.8. The molecule has 0 aliphatic carbocycles. The molecule has 0 spiro atoms. The lowest BCUT2D eigenvalue weighted by molar-refractivity contribution is -0.117. The molecule has 1 atom stereocenters. The first-order valence-corrected chi connectivity index (χ1v) is 10.8. The van der Waals surface area contributed by atoms with Crippen molar-refractivity contribution in [3.63, 3.8) is 0 Å². The number of aryl methyl sites for hydroxylation is 2. The SMILES string of the molecule is COc1cccc(Nc2cc(C)nc([C@H]3CCCN(CC(=O)Nc4cc(C)on4)C3)c2)c1. The molecule has 8 heteroatoms. The zero-order chi connectivity index (χ0) is 22.5. The van der Waals surface area contributed by atoms with E-state index in [9.17, 15) is 4.79 Å². The molecule has 0 saturated carbocycles. The van der Waals surface area contributed by atoms with Crippen LogP contribution in [0.15, 0.2) is 47.0 Å². The Morgan fingerprint density at radius 1 is 1.22 bits per heavy atom. The highest BCUT2D eigenvalue weighted by Gasteiger charge is 2.24. The van der Waals surface area contributed by atoms with Crippen LogP contribution in [0, 0.1) is 13.8 Å². The van der Waals surface area contributed by atoms with Crippen LogP contribution in [0.1, 0.15) is 35.9 Å². The van der Waals surface area contributed by atoms with Gasteiger partial charge in [-0.3, -0.25) is 14.7 Å². The summed E-state index contributed by atoms with van der Waals surface area (Å²) in [6, 6.07) is 13.7. The molecule has 1 amide bonds. The minimum Gasteiger partial charge on any atom is -0.497 e. The van der Waals surface area contributed by atoms with E-state index < -0.39 is 0 Å². The standard InChI is InChI=1S/C24H29N5O3/c1-16-10-20(26-19-7-4-8-21(12-19)31-3)13-22(25-16)18-6-5-9-29(14-18)15-24(30)27-23-11-17(2)32-28-23/h4,7-8,10-13,18H,5-6,9,14-15H2,1-3H3,(H,25,26)(H,27,28,30)/t18-/m0/s1. The number of pyridine rings is 1. The van der Waals surface area contributed by atoms with Gasteiger partial charge in [0.15, 0.2) is 5.82 Å². The Morgan fingerprint density at radius 3 is 2.88 bits per heavy atom. The molecule has 1 aliphatic rings. The van der Waals surface area contributed by atoms with Crippen LogP contribution < -0.4 is 15.4 Å². The van der Waals surface area contributed by atoms with Gasteiger partial charge >= 0.3 is 0 Å². The maximum absolute atomic E-state index is 12.4. The fraction of sp³-hybridized carbons (Fsp3) is 0.375. The molecule has 3 heterocycles. The number of likely N-dealkylation sites (tertiary alicyclic amines) is 1. The number of ether oxygens (including phenoxy) is 1. The van der Waals surface area contributed by atoms with E-state index in [4.69, 9.17) is 14.2 Å². The van der Waals surface area contributed by atoms with Gasteiger partial charge in [0.05, 0.1) is 13.7 Å². The lowest BCUT2D eigenvalue weighted by atomic mass is 9.93. The number of hydrogen-bond acceptors (Lipinski definition) is 7. The largest absolute Gasteiger partial charge is 0.497 e. The summed E-state index contributed by atoms with van der Waals surface area (Å²) in [5.74, 6) is 2.12. The normalized spacial score (nSPS) is 16.5. The van der Waals surface area contributed by atoms with E-state index >= 15 is 0 Å². The third-order valence-electron chi connectivity index (χ3n) is 5.52. The van der Waals surface area contributed by atoms with Gasteiger partial charge in [-0.2, -0.15) is 0 Å². The van der Waals surface area contributed by atoms with Crippen molar-refractivity contribution >= 4 is 23.1 Å². The predicted molar refractivity (Wildman–Crippen MR) is 124 cm³/mol. The summed E-state index contributed by atoms with van der Waals surface area (Å²) in [6.45, 7) is 5.81. The Morgan fingerprint density at radius 2 is 2.09 bits per heavy atom. The third-order valence-corrected chi connectivity index (χ3v) is 5.52. The number of nitrogens with zero attached hydrogens (tertiary/aromatic N) is 3. The summed E-state index contributed by atoms with van der Waals surface area (Å²) >= 11 is 0. The second-order valence-corrected chi connectivity index (χ2v) is 8.22. The van der Waals surface area contributed by atoms with Crippen molar-refractivity contribution in [3.05, 3.63) is 59.6 Å². The van der Waals surface area contributed by atoms with Crippen LogP contribution >= 0.6 is 0 Å². The number of piperidine rings is 1. The molecule has 8 nitrogen and oxygen atoms in total. The van der Waals surface area contributed by atoms with E-state index in [2.05, 4.69) is 26.8 Å². The van der Waals surface area contributed by atoms with Crippen molar-refractivity contribution in [2.24, 2.45) is 0 Å². The molecule has 1 aliphatic heterocycles. The lowest BCUT2D eigenvalue weighted by Gasteiger charge is -2.32. The van der Waals surface area contributed by atoms with Crippen molar-refractivity contribution in [1.82, 2.24) is 15.0 Å². The number of nitrogens with one attached hydrogen (secondary N) is 2. The number of carbonyl (C=O) groups is 1. The van der Waals surface area contributed by atoms with Crippen LogP contribution in [-0.4, -0.2) is 47.7 Å². The molecule has 0 bridgehead atoms. The highest BCUT2D eigenvalue weighted by Crippen LogP contribution is 2.29. The highest BCUT2D eigenvalue weighted by molar-refractivity contribution is 5.91. The highest BCUT2D eigenvalue weighted by atomic mass is 16.5. The van der Waals surface area contributed by atoms with Gasteiger partial charge in [-0.15, -0.1) is 0 Å². The minimum atomic E-state index is -0.0865. The summed E-state index contributed by atoms with van der Waals surface area (Å²) in [6.07, 6.45) is 2.07. The van der Waals surface area contributed by atoms with Crippen molar-refractivity contribution in [3.8, 4) is 5.75 Å². The third kappa shape index (κ3) is 5.64. The van der Waals surface area contributed by atoms with Gasteiger partial charge in [-0.05, 0) is 57.5 Å². The average molecular weight is 436 g/mol. The quantitative estimate of drug-likeness (QED) is 0.573. The Kier molecular flexibility index (Phi) is 6.70. The number of hydrogen-bond donors (Lipinski definition) is 2. The molecule has 2 N–H and O–H groups in total. The molecule has 3 aromatic rings. The van der Waals surface area contributed by atoms with Gasteiger partial charge in [0.2, 0.25) is 5.91 Å². The average Bonchev–Trinajstić information content (AvgIpc) is 3.18. The van der Waals surface area contributed by atoms with E-state index in [1.165, 1.54) is 0 Å². The Balaban J connectivity index is 1.41. The number of amides is 1. The van der Waals surface area contributed by atoms with Crippen LogP contribution in [0.25, 0.3) is 0 Å². The molecule has 1 fully saturated rings. The molecule has 0 unspecified atom stereocenters. The second kappa shape index (κ2) is 9.82. The molecular weight excluding hydrogens is 406 g/mol. The fourth-order valence-electron chi connectivity index (χ4n) is 4.09. The first kappa shape index (κ1) is 21.8. The van der Waals surface area contributed by atoms with E-state index in [1.807, 2.05) is 37.3 Å². The van der Waals surface area contributed by atoms with Gasteiger partial charge in [-0.25, -0.2) is 0 Å². The molecular formula is C24H29N5O3. The van der Waals surface area contributed by atoms with Crippen molar-refractivity contribution in [2.45, 2.75) is 32.6 Å². The maximum atomic E-state index is 12.4. The molecule has 0 radical (unpaired) electrons. The number of methoxy groups -OCH3 is 1. The smallest absolute Gasteiger partial charge is 0.239 e. The molecule has 32 heavy (non-hydrogen) atoms. The lowest BCUT2D eigenvalue weighted by Crippen LogP contribution is -2.40. The first-order chi connectivity index (χ1) is 15.5. The van der Waals surface area contributed by atoms with Crippen LogP contribution in [0.5, 0.6) is 5.75 Å². The van der Waals surface area contributed by atoms with E-state index in [-0.39, 0.29) is 11.8 Å². The van der Waals surface area contributed by atoms with Crippen LogP contribution in [-0.2, 0) is 4.79 Å². The maximum Gasteiger partial charge on any atom is 0.239 e. The number of carbonyl (C=O) groups excluding carboxylic acids is 1. The summed E-state index contributed by atoms with van der Waals surface area (Å²) < 4.78 is 10.3. The molecule has 1 aromatic carbocycles. The van der Waals surface area contributed by atoms with Crippen molar-refractivity contribution in [2.75, 3.05) is 37.4 Å². The van der Waals surface area contributed by atoms with Gasteiger partial charge in [0.1, 0.15) is 11.5 Å². The minimum absolute atomic E-state index is 0.0865. The second-order valence-electron chi connectivity index (χ2n) is 8.22. The Bertz CT molecular complexity index is 1080. The van der Waals surface area contributed by atoms with E-state index in [0.717, 1.165) is 54.4 Å². The Hall–Kier alpha value is -3.39. The van der Waals surface area contributed by atoms with Gasteiger partial charge in [-0.1, -0.05) is 11.2 Å². The van der Waals surface area contributed by atoms with E-state index in [0.29, 0.717) is 18.1 Å². The summed E-state index contributed by atoms with van der Waals surface area (Å²) in [7, 11) is 1.66. The number of benzene rings is 1. The molecule has 2 aromatic heterocycles. The van der Waals surface area contributed by atoms with Gasteiger partial charge < -0.3 is 19.9 Å². The molecule has 1 saturated heterocycles. The summed E-state index contributed by atoms with van der Waals surface area (Å²) in [5.41, 5.74) is 3.97. The van der Waals surface area contributed by atoms with Gasteiger partial charge in [0.25, 0.3) is 0 Å². The predicted octanol–water partition coefficient (Wildman–Crippen LogP) is 4.26. The summed E-state index contributed by atoms with van der Waals surface area (Å²) in [4.78, 5) is 19.4. The zero-order valence-electron chi connectivity index (χ0n) is 18.7. The topological polar surface area (TPSA) is 92.5 Å². The van der Waals surface area contributed by atoms with Crippen LogP contribution in [0.3, 0.4) is 0 Å². The fourth-order valence-corrected chi connectivity index (χ4v) is 4.09. The van der Waals surface area contributed by atoms with Crippen LogP contribution in [0.2, 0.25) is 0 Å². The van der Waals surface area contributed by atoms with Crippen LogP contribution in [0.4, 0.5) is 17.2 Å². The number of aromatic nitrogens is 2. The number of rotatable bonds is 7.